The van der Waals surface area contributed by atoms with Crippen molar-refractivity contribution in [2.45, 2.75) is 32.7 Å². The molecule has 1 unspecified atom stereocenters. The van der Waals surface area contributed by atoms with Gasteiger partial charge < -0.3 is 10.4 Å². The molecule has 1 atom stereocenters. The van der Waals surface area contributed by atoms with Crippen molar-refractivity contribution >= 4 is 17.5 Å². The normalized spacial score (nSPS) is 11.9. The fourth-order valence-corrected chi connectivity index (χ4v) is 1.51. The highest BCUT2D eigenvalue weighted by Gasteiger charge is 2.22. The van der Waals surface area contributed by atoms with Gasteiger partial charge in [0.15, 0.2) is 0 Å². The van der Waals surface area contributed by atoms with Crippen LogP contribution in [0.3, 0.4) is 0 Å². The molecule has 0 aliphatic rings. The number of aromatic nitrogens is 1. The molecule has 2 N–H and O–H groups in total. The number of nitrogens with one attached hydrogen (secondary N) is 1. The lowest BCUT2D eigenvalue weighted by Gasteiger charge is -2.14. The maximum absolute atomic E-state index is 11.0. The molecule has 1 heterocycles. The van der Waals surface area contributed by atoms with Crippen molar-refractivity contribution in [1.29, 1.82) is 0 Å². The lowest BCUT2D eigenvalue weighted by molar-refractivity contribution is -0.384. The van der Waals surface area contributed by atoms with Crippen molar-refractivity contribution < 1.29 is 14.8 Å². The monoisotopic (exact) mass is 253 g/mol. The lowest BCUT2D eigenvalue weighted by atomic mass is 10.1. The number of hydrogen-bond donors (Lipinski definition) is 2. The second-order valence-electron chi connectivity index (χ2n) is 3.90. The van der Waals surface area contributed by atoms with E-state index in [9.17, 15) is 14.9 Å². The van der Waals surface area contributed by atoms with Crippen LogP contribution in [0.4, 0.5) is 11.5 Å². The van der Waals surface area contributed by atoms with Crippen LogP contribution in [0, 0.1) is 17.0 Å². The number of hydrogen-bond acceptors (Lipinski definition) is 5. The van der Waals surface area contributed by atoms with Crippen LogP contribution in [0.25, 0.3) is 0 Å². The molecule has 1 rings (SSSR count). The van der Waals surface area contributed by atoms with Gasteiger partial charge in [-0.15, -0.1) is 0 Å². The summed E-state index contributed by atoms with van der Waals surface area (Å²) in [5, 5.41) is 22.4. The first-order valence-corrected chi connectivity index (χ1v) is 5.57. The molecule has 0 aromatic carbocycles. The van der Waals surface area contributed by atoms with E-state index in [1.54, 1.807) is 6.92 Å². The van der Waals surface area contributed by atoms with Gasteiger partial charge in [0, 0.05) is 11.8 Å². The molecule has 0 fully saturated rings. The van der Waals surface area contributed by atoms with Crippen molar-refractivity contribution in [3.05, 3.63) is 27.9 Å². The van der Waals surface area contributed by atoms with Crippen molar-refractivity contribution in [3.8, 4) is 0 Å². The fraction of sp³-hybridized carbons (Fsp3) is 0.455. The van der Waals surface area contributed by atoms with Gasteiger partial charge in [-0.25, -0.2) is 9.78 Å². The summed E-state index contributed by atoms with van der Waals surface area (Å²) < 4.78 is 0. The Morgan fingerprint density at radius 2 is 2.28 bits per heavy atom. The van der Waals surface area contributed by atoms with Crippen LogP contribution >= 0.6 is 0 Å². The van der Waals surface area contributed by atoms with Crippen LogP contribution < -0.4 is 5.32 Å². The minimum Gasteiger partial charge on any atom is -0.480 e. The predicted octanol–water partition coefficient (Wildman–Crippen LogP) is 1.96. The number of pyridine rings is 1. The molecule has 7 nitrogen and oxygen atoms in total. The number of aliphatic carboxylic acids is 1. The van der Waals surface area contributed by atoms with Gasteiger partial charge in [-0.2, -0.15) is 0 Å². The highest BCUT2D eigenvalue weighted by molar-refractivity contribution is 5.78. The topological polar surface area (TPSA) is 105 Å². The average molecular weight is 253 g/mol. The molecule has 98 valence electrons. The second-order valence-corrected chi connectivity index (χ2v) is 3.90. The summed E-state index contributed by atoms with van der Waals surface area (Å²) in [5.74, 6) is -1.05. The largest absolute Gasteiger partial charge is 0.480 e. The molecule has 0 saturated carbocycles. The molecule has 1 aromatic heterocycles. The summed E-state index contributed by atoms with van der Waals surface area (Å²) in [7, 11) is 0. The third-order valence-electron chi connectivity index (χ3n) is 2.40. The van der Waals surface area contributed by atoms with Crippen LogP contribution in [0.1, 0.15) is 25.5 Å². The Labute approximate surface area is 104 Å². The van der Waals surface area contributed by atoms with Crippen LogP contribution in [-0.4, -0.2) is 27.0 Å². The number of nitro groups is 1. The van der Waals surface area contributed by atoms with Crippen LogP contribution in [0.2, 0.25) is 0 Å². The number of nitrogens with zero attached hydrogens (tertiary/aromatic N) is 2. The number of carboxylic acids is 1. The zero-order valence-electron chi connectivity index (χ0n) is 10.2. The highest BCUT2D eigenvalue weighted by atomic mass is 16.6. The first-order chi connectivity index (χ1) is 8.45. The fourth-order valence-electron chi connectivity index (χ4n) is 1.51. The Balaban J connectivity index is 3.03. The number of carbonyl (C=O) groups is 1. The molecule has 0 bridgehead atoms. The summed E-state index contributed by atoms with van der Waals surface area (Å²) in [6.07, 6.45) is 1.03. The van der Waals surface area contributed by atoms with Crippen molar-refractivity contribution in [3.63, 3.8) is 0 Å². The maximum Gasteiger partial charge on any atom is 0.326 e. The van der Waals surface area contributed by atoms with E-state index in [0.29, 0.717) is 18.5 Å². The van der Waals surface area contributed by atoms with Gasteiger partial charge in [0.25, 0.3) is 0 Å². The van der Waals surface area contributed by atoms with Gasteiger partial charge >= 0.3 is 11.7 Å². The Kier molecular flexibility index (Phi) is 4.59. The SMILES string of the molecule is CCCC(Nc1nc(C)ccc1[N+](=O)[O-])C(=O)O. The first kappa shape index (κ1) is 13.9. The molecule has 1 aromatic rings. The van der Waals surface area contributed by atoms with E-state index in [0.717, 1.165) is 0 Å². The molecule has 0 spiro atoms. The summed E-state index contributed by atoms with van der Waals surface area (Å²) in [4.78, 5) is 25.2. The van der Waals surface area contributed by atoms with E-state index in [2.05, 4.69) is 10.3 Å². The lowest BCUT2D eigenvalue weighted by Crippen LogP contribution is -2.29. The van der Waals surface area contributed by atoms with Crippen molar-refractivity contribution in [2.75, 3.05) is 5.32 Å². The first-order valence-electron chi connectivity index (χ1n) is 5.57. The Bertz CT molecular complexity index is 462. The van der Waals surface area contributed by atoms with Crippen LogP contribution in [-0.2, 0) is 4.79 Å². The van der Waals surface area contributed by atoms with Gasteiger partial charge in [-0.3, -0.25) is 10.1 Å². The van der Waals surface area contributed by atoms with Gasteiger partial charge in [-0.05, 0) is 19.4 Å². The van der Waals surface area contributed by atoms with Crippen molar-refractivity contribution in [1.82, 2.24) is 4.98 Å². The molecule has 0 radical (unpaired) electrons. The molecular formula is C11H15N3O4. The molecule has 18 heavy (non-hydrogen) atoms. The van der Waals surface area contributed by atoms with Gasteiger partial charge in [0.2, 0.25) is 5.82 Å². The average Bonchev–Trinajstić information content (AvgIpc) is 2.28. The van der Waals surface area contributed by atoms with Gasteiger partial charge in [0.05, 0.1) is 4.92 Å². The summed E-state index contributed by atoms with van der Waals surface area (Å²) in [6.45, 7) is 3.53. The molecule has 0 amide bonds. The zero-order valence-corrected chi connectivity index (χ0v) is 10.2. The van der Waals surface area contributed by atoms with Crippen LogP contribution in [0.5, 0.6) is 0 Å². The minimum absolute atomic E-state index is 0.000787. The Morgan fingerprint density at radius 1 is 1.61 bits per heavy atom. The van der Waals surface area contributed by atoms with E-state index < -0.39 is 16.9 Å². The van der Waals surface area contributed by atoms with Crippen LogP contribution in [0.15, 0.2) is 12.1 Å². The van der Waals surface area contributed by atoms with E-state index in [-0.39, 0.29) is 11.5 Å². The summed E-state index contributed by atoms with van der Waals surface area (Å²) in [6, 6.07) is 1.96. The molecule has 0 aliphatic carbocycles. The molecular weight excluding hydrogens is 238 g/mol. The van der Waals surface area contributed by atoms with E-state index in [1.807, 2.05) is 6.92 Å². The third kappa shape index (κ3) is 3.41. The van der Waals surface area contributed by atoms with Gasteiger partial charge in [-0.1, -0.05) is 13.3 Å². The summed E-state index contributed by atoms with van der Waals surface area (Å²) >= 11 is 0. The van der Waals surface area contributed by atoms with Crippen molar-refractivity contribution in [2.24, 2.45) is 0 Å². The standard InChI is InChI=1S/C11H15N3O4/c1-3-4-8(11(15)16)13-10-9(14(17)18)6-5-7(2)12-10/h5-6,8H,3-4H2,1-2H3,(H,12,13)(H,15,16). The van der Waals surface area contributed by atoms with E-state index in [1.165, 1.54) is 12.1 Å². The number of rotatable bonds is 6. The number of carboxylic acid groups (broad SMARTS) is 1. The molecule has 0 saturated heterocycles. The second kappa shape index (κ2) is 5.95. The zero-order chi connectivity index (χ0) is 13.7. The minimum atomic E-state index is -1.05. The number of anilines is 1. The van der Waals surface area contributed by atoms with E-state index >= 15 is 0 Å². The predicted molar refractivity (Wildman–Crippen MR) is 65.6 cm³/mol. The Hall–Kier alpha value is -2.18. The van der Waals surface area contributed by atoms with Gasteiger partial charge in [0.1, 0.15) is 6.04 Å². The maximum atomic E-state index is 11.0. The smallest absolute Gasteiger partial charge is 0.326 e. The third-order valence-corrected chi connectivity index (χ3v) is 2.40. The number of aryl methyl sites for hydroxylation is 1. The quantitative estimate of drug-likeness (QED) is 0.593. The summed E-state index contributed by atoms with van der Waals surface area (Å²) in [5.41, 5.74) is 0.367. The molecule has 7 heteroatoms. The van der Waals surface area contributed by atoms with E-state index in [4.69, 9.17) is 5.11 Å². The Morgan fingerprint density at radius 3 is 2.78 bits per heavy atom. The highest BCUT2D eigenvalue weighted by Crippen LogP contribution is 2.23. The molecule has 0 aliphatic heterocycles.